The van der Waals surface area contributed by atoms with E-state index < -0.39 is 5.60 Å². The summed E-state index contributed by atoms with van der Waals surface area (Å²) >= 11 is 0. The van der Waals surface area contributed by atoms with Crippen molar-refractivity contribution in [2.75, 3.05) is 13.1 Å². The molecule has 4 heteroatoms. The fourth-order valence-electron chi connectivity index (χ4n) is 7.54. The first-order valence-corrected chi connectivity index (χ1v) is 11.5. The fraction of sp³-hybridized carbons (Fsp3) is 0.462. The summed E-state index contributed by atoms with van der Waals surface area (Å²) in [4.78, 5) is 6.34. The fourth-order valence-corrected chi connectivity index (χ4v) is 7.54. The topological polar surface area (TPSA) is 48.5 Å². The lowest BCUT2D eigenvalue weighted by Gasteiger charge is -2.62. The third-order valence-electron chi connectivity index (χ3n) is 8.97. The summed E-state index contributed by atoms with van der Waals surface area (Å²) in [6.45, 7) is 2.21. The first-order valence-electron chi connectivity index (χ1n) is 11.5. The molecule has 3 heterocycles. The first kappa shape index (κ1) is 16.4. The predicted octanol–water partition coefficient (Wildman–Crippen LogP) is 3.87. The maximum absolute atomic E-state index is 12.7. The van der Waals surface area contributed by atoms with Crippen LogP contribution in [0.4, 0.5) is 0 Å². The van der Waals surface area contributed by atoms with Crippen LogP contribution in [0.25, 0.3) is 10.9 Å². The number of likely N-dealkylation sites (tertiary alicyclic amines) is 1. The first-order chi connectivity index (χ1) is 14.7. The lowest BCUT2D eigenvalue weighted by Crippen LogP contribution is -2.74. The Kier molecular flexibility index (Phi) is 2.80. The highest BCUT2D eigenvalue weighted by molar-refractivity contribution is 5.86. The Labute approximate surface area is 175 Å². The van der Waals surface area contributed by atoms with Gasteiger partial charge in [-0.3, -0.25) is 4.90 Å². The zero-order valence-electron chi connectivity index (χ0n) is 17.0. The van der Waals surface area contributed by atoms with Gasteiger partial charge in [-0.2, -0.15) is 0 Å². The SMILES string of the molecule is O[C@@]12Cc3c([nH]c4ccccc34)[C@@H]3Oc4cccc5c4[C@@]31CCN(CC1CC1)[C@H]2C5. The van der Waals surface area contributed by atoms with Gasteiger partial charge in [-0.1, -0.05) is 30.3 Å². The molecule has 2 N–H and O–H groups in total. The van der Waals surface area contributed by atoms with Crippen LogP contribution in [-0.4, -0.2) is 39.7 Å². The summed E-state index contributed by atoms with van der Waals surface area (Å²) < 4.78 is 6.72. The van der Waals surface area contributed by atoms with Gasteiger partial charge in [-0.15, -0.1) is 0 Å². The Morgan fingerprint density at radius 1 is 1.13 bits per heavy atom. The van der Waals surface area contributed by atoms with Crippen molar-refractivity contribution in [2.24, 2.45) is 5.92 Å². The van der Waals surface area contributed by atoms with E-state index in [0.29, 0.717) is 6.42 Å². The number of aromatic nitrogens is 1. The van der Waals surface area contributed by atoms with Gasteiger partial charge in [-0.05, 0) is 61.4 Å². The Bertz CT molecular complexity index is 1230. The van der Waals surface area contributed by atoms with E-state index in [1.807, 2.05) is 0 Å². The summed E-state index contributed by atoms with van der Waals surface area (Å²) in [7, 11) is 0. The largest absolute Gasteiger partial charge is 0.483 e. The normalized spacial score (nSPS) is 35.8. The van der Waals surface area contributed by atoms with Gasteiger partial charge in [0.25, 0.3) is 0 Å². The van der Waals surface area contributed by atoms with E-state index in [2.05, 4.69) is 52.3 Å². The van der Waals surface area contributed by atoms with E-state index in [-0.39, 0.29) is 17.6 Å². The summed E-state index contributed by atoms with van der Waals surface area (Å²) in [6.07, 6.45) is 5.20. The van der Waals surface area contributed by atoms with E-state index >= 15 is 0 Å². The minimum absolute atomic E-state index is 0.124. The quantitative estimate of drug-likeness (QED) is 0.689. The van der Waals surface area contributed by atoms with Crippen molar-refractivity contribution in [3.8, 4) is 5.75 Å². The number of nitrogens with zero attached hydrogens (tertiary/aromatic N) is 1. The molecule has 3 aromatic rings. The molecule has 1 aromatic heterocycles. The number of nitrogens with one attached hydrogen (secondary N) is 1. The van der Waals surface area contributed by atoms with E-state index in [4.69, 9.17) is 4.74 Å². The molecule has 8 rings (SSSR count). The molecule has 0 unspecified atom stereocenters. The Balaban J connectivity index is 1.42. The van der Waals surface area contributed by atoms with Crippen LogP contribution in [-0.2, 0) is 18.3 Å². The van der Waals surface area contributed by atoms with Crippen LogP contribution < -0.4 is 4.74 Å². The number of benzene rings is 2. The number of rotatable bonds is 2. The molecule has 3 aliphatic carbocycles. The molecule has 30 heavy (non-hydrogen) atoms. The van der Waals surface area contributed by atoms with Crippen LogP contribution in [0.15, 0.2) is 42.5 Å². The highest BCUT2D eigenvalue weighted by Crippen LogP contribution is 2.67. The van der Waals surface area contributed by atoms with Crippen molar-refractivity contribution < 1.29 is 9.84 Å². The summed E-state index contributed by atoms with van der Waals surface area (Å²) in [5.74, 6) is 1.83. The molecule has 1 saturated carbocycles. The van der Waals surface area contributed by atoms with Crippen molar-refractivity contribution in [1.29, 1.82) is 0 Å². The van der Waals surface area contributed by atoms with E-state index in [1.165, 1.54) is 40.6 Å². The average Bonchev–Trinajstić information content (AvgIpc) is 3.39. The standard InChI is InChI=1S/C26H26N2O2/c29-26-13-18-17-5-1-2-6-19(17)27-23(18)24-25(26)10-11-28(14-15-8-9-15)21(26)12-16-4-3-7-20(30-24)22(16)25/h1-7,15,21,24,27,29H,8-14H2/t21-,24-,25-,26+/m0/s1. The monoisotopic (exact) mass is 398 g/mol. The third kappa shape index (κ3) is 1.71. The van der Waals surface area contributed by atoms with Gasteiger partial charge < -0.3 is 14.8 Å². The molecule has 1 saturated heterocycles. The number of aliphatic hydroxyl groups is 1. The molecule has 4 nitrogen and oxygen atoms in total. The molecule has 152 valence electrons. The highest BCUT2D eigenvalue weighted by Gasteiger charge is 2.72. The van der Waals surface area contributed by atoms with E-state index in [9.17, 15) is 5.11 Å². The second-order valence-corrected chi connectivity index (χ2v) is 10.3. The van der Waals surface area contributed by atoms with Gasteiger partial charge in [0, 0.05) is 35.5 Å². The van der Waals surface area contributed by atoms with E-state index in [0.717, 1.165) is 43.1 Å². The minimum Gasteiger partial charge on any atom is -0.483 e. The Morgan fingerprint density at radius 3 is 2.93 bits per heavy atom. The van der Waals surface area contributed by atoms with Crippen molar-refractivity contribution >= 4 is 10.9 Å². The van der Waals surface area contributed by atoms with Crippen molar-refractivity contribution in [3.05, 3.63) is 64.8 Å². The van der Waals surface area contributed by atoms with Gasteiger partial charge in [0.15, 0.2) is 6.10 Å². The predicted molar refractivity (Wildman–Crippen MR) is 115 cm³/mol. The summed E-state index contributed by atoms with van der Waals surface area (Å²) in [5, 5.41) is 13.9. The van der Waals surface area contributed by atoms with E-state index in [1.54, 1.807) is 0 Å². The second kappa shape index (κ2) is 5.12. The van der Waals surface area contributed by atoms with Crippen LogP contribution >= 0.6 is 0 Å². The molecule has 0 radical (unpaired) electrons. The van der Waals surface area contributed by atoms with Crippen LogP contribution in [0.2, 0.25) is 0 Å². The van der Waals surface area contributed by atoms with Gasteiger partial charge in [-0.25, -0.2) is 0 Å². The van der Waals surface area contributed by atoms with Crippen molar-refractivity contribution in [3.63, 3.8) is 0 Å². The number of para-hydroxylation sites is 1. The molecule has 2 aliphatic heterocycles. The van der Waals surface area contributed by atoms with Crippen LogP contribution in [0.5, 0.6) is 5.75 Å². The van der Waals surface area contributed by atoms with Crippen LogP contribution in [0.1, 0.15) is 47.8 Å². The molecule has 2 aromatic carbocycles. The number of ether oxygens (including phenoxy) is 1. The zero-order valence-corrected chi connectivity index (χ0v) is 17.0. The molecular weight excluding hydrogens is 372 g/mol. The summed E-state index contributed by atoms with van der Waals surface area (Å²) in [6, 6.07) is 15.2. The Hall–Kier alpha value is -2.30. The maximum Gasteiger partial charge on any atom is 0.151 e. The minimum atomic E-state index is -0.789. The molecule has 0 amide bonds. The lowest BCUT2D eigenvalue weighted by molar-refractivity contribution is -0.173. The Morgan fingerprint density at radius 2 is 2.03 bits per heavy atom. The molecule has 4 atom stereocenters. The second-order valence-electron chi connectivity index (χ2n) is 10.3. The molecule has 2 fully saturated rings. The van der Waals surface area contributed by atoms with Crippen molar-refractivity contribution in [1.82, 2.24) is 9.88 Å². The number of hydrogen-bond donors (Lipinski definition) is 2. The van der Waals surface area contributed by atoms with Gasteiger partial charge in [0.2, 0.25) is 0 Å². The van der Waals surface area contributed by atoms with Crippen LogP contribution in [0.3, 0.4) is 0 Å². The lowest BCUT2D eigenvalue weighted by atomic mass is 9.49. The maximum atomic E-state index is 12.7. The third-order valence-corrected chi connectivity index (χ3v) is 8.97. The number of H-pyrrole nitrogens is 1. The van der Waals surface area contributed by atoms with Crippen molar-refractivity contribution in [2.45, 2.75) is 55.3 Å². The van der Waals surface area contributed by atoms with Gasteiger partial charge in [0.05, 0.1) is 16.7 Å². The highest BCUT2D eigenvalue weighted by atomic mass is 16.5. The van der Waals surface area contributed by atoms with Gasteiger partial charge in [0.1, 0.15) is 5.75 Å². The number of aromatic amines is 1. The number of hydrogen-bond acceptors (Lipinski definition) is 3. The number of fused-ring (bicyclic) bond motifs is 4. The summed E-state index contributed by atoms with van der Waals surface area (Å²) in [5.41, 5.74) is 5.19. The average molecular weight is 399 g/mol. The molecule has 2 bridgehead atoms. The molecular formula is C26H26N2O2. The van der Waals surface area contributed by atoms with Crippen LogP contribution in [0, 0.1) is 5.92 Å². The molecule has 1 spiro atoms. The molecule has 5 aliphatic rings. The smallest absolute Gasteiger partial charge is 0.151 e. The zero-order chi connectivity index (χ0) is 19.7. The number of piperidine rings is 1. The van der Waals surface area contributed by atoms with Gasteiger partial charge >= 0.3 is 0 Å².